The van der Waals surface area contributed by atoms with Crippen molar-refractivity contribution in [3.63, 3.8) is 0 Å². The van der Waals surface area contributed by atoms with Crippen molar-refractivity contribution in [2.45, 2.75) is 20.0 Å². The molecule has 2 rings (SSSR count). The van der Waals surface area contributed by atoms with E-state index >= 15 is 0 Å². The number of nitrogens with zero attached hydrogens (tertiary/aromatic N) is 1. The number of benzene rings is 1. The first-order valence-electron chi connectivity index (χ1n) is 5.52. The summed E-state index contributed by atoms with van der Waals surface area (Å²) in [4.78, 5) is 5.57. The molecule has 0 aliphatic rings. The number of thiazole rings is 1. The summed E-state index contributed by atoms with van der Waals surface area (Å²) in [5.41, 5.74) is 1.81. The van der Waals surface area contributed by atoms with Gasteiger partial charge in [-0.15, -0.1) is 11.3 Å². The second kappa shape index (κ2) is 5.38. The van der Waals surface area contributed by atoms with Crippen LogP contribution in [0.2, 0.25) is 0 Å². The van der Waals surface area contributed by atoms with E-state index in [4.69, 9.17) is 4.74 Å². The minimum Gasteiger partial charge on any atom is -0.496 e. The molecule has 1 unspecified atom stereocenters. The van der Waals surface area contributed by atoms with Gasteiger partial charge in [-0.3, -0.25) is 0 Å². The molecule has 0 spiro atoms. The molecule has 0 bridgehead atoms. The highest BCUT2D eigenvalue weighted by atomic mass is 79.9. The Morgan fingerprint density at radius 3 is 2.72 bits per heavy atom. The highest BCUT2D eigenvalue weighted by Crippen LogP contribution is 2.37. The van der Waals surface area contributed by atoms with E-state index in [1.54, 1.807) is 14.0 Å². The standard InChI is InChI=1S/C13H14BrNO2S/c1-7(16)13-15-12(8(2)18-13)10-6-9(14)4-5-11(10)17-3/h4-7,16H,1-3H3. The normalized spacial score (nSPS) is 12.5. The minimum absolute atomic E-state index is 0.541. The van der Waals surface area contributed by atoms with Crippen LogP contribution in [0.5, 0.6) is 5.75 Å². The second-order valence-electron chi connectivity index (χ2n) is 3.98. The molecule has 96 valence electrons. The van der Waals surface area contributed by atoms with Crippen LogP contribution in [0.25, 0.3) is 11.3 Å². The average Bonchev–Trinajstić information content (AvgIpc) is 2.71. The number of rotatable bonds is 3. The first kappa shape index (κ1) is 13.5. The van der Waals surface area contributed by atoms with E-state index < -0.39 is 6.10 Å². The number of hydrogen-bond acceptors (Lipinski definition) is 4. The zero-order valence-corrected chi connectivity index (χ0v) is 12.8. The van der Waals surface area contributed by atoms with Crippen molar-refractivity contribution in [3.05, 3.63) is 32.6 Å². The van der Waals surface area contributed by atoms with Crippen LogP contribution in [0.3, 0.4) is 0 Å². The van der Waals surface area contributed by atoms with Crippen molar-refractivity contribution in [2.75, 3.05) is 7.11 Å². The number of aryl methyl sites for hydroxylation is 1. The van der Waals surface area contributed by atoms with Crippen LogP contribution in [0.1, 0.15) is 22.9 Å². The van der Waals surface area contributed by atoms with E-state index in [9.17, 15) is 5.11 Å². The van der Waals surface area contributed by atoms with Crippen molar-refractivity contribution in [1.29, 1.82) is 0 Å². The van der Waals surface area contributed by atoms with Gasteiger partial charge in [-0.05, 0) is 32.0 Å². The van der Waals surface area contributed by atoms with Gasteiger partial charge in [0.1, 0.15) is 16.9 Å². The van der Waals surface area contributed by atoms with Crippen molar-refractivity contribution in [1.82, 2.24) is 4.98 Å². The molecule has 0 saturated carbocycles. The molecule has 0 aliphatic heterocycles. The van der Waals surface area contributed by atoms with Crippen LogP contribution in [0.15, 0.2) is 22.7 Å². The lowest BCUT2D eigenvalue weighted by Gasteiger charge is -2.07. The van der Waals surface area contributed by atoms with Crippen molar-refractivity contribution in [3.8, 4) is 17.0 Å². The predicted molar refractivity (Wildman–Crippen MR) is 77.2 cm³/mol. The Bertz CT molecular complexity index is 566. The van der Waals surface area contributed by atoms with E-state index in [0.717, 1.165) is 31.4 Å². The molecule has 0 saturated heterocycles. The molecule has 1 N–H and O–H groups in total. The Kier molecular flexibility index (Phi) is 4.04. The van der Waals surface area contributed by atoms with Gasteiger partial charge in [-0.2, -0.15) is 0 Å². The van der Waals surface area contributed by atoms with Crippen LogP contribution in [0, 0.1) is 6.92 Å². The maximum absolute atomic E-state index is 9.60. The number of methoxy groups -OCH3 is 1. The fraction of sp³-hybridized carbons (Fsp3) is 0.308. The Labute approximate surface area is 119 Å². The molecule has 0 radical (unpaired) electrons. The highest BCUT2D eigenvalue weighted by Gasteiger charge is 2.16. The number of ether oxygens (including phenoxy) is 1. The van der Waals surface area contributed by atoms with E-state index in [0.29, 0.717) is 0 Å². The van der Waals surface area contributed by atoms with Gasteiger partial charge in [0.15, 0.2) is 0 Å². The van der Waals surface area contributed by atoms with Crippen molar-refractivity contribution < 1.29 is 9.84 Å². The van der Waals surface area contributed by atoms with E-state index in [2.05, 4.69) is 20.9 Å². The monoisotopic (exact) mass is 327 g/mol. The first-order valence-corrected chi connectivity index (χ1v) is 7.13. The second-order valence-corrected chi connectivity index (χ2v) is 6.13. The van der Waals surface area contributed by atoms with Gasteiger partial charge in [0, 0.05) is 14.9 Å². The number of halogens is 1. The van der Waals surface area contributed by atoms with Gasteiger partial charge < -0.3 is 9.84 Å². The molecule has 0 fully saturated rings. The van der Waals surface area contributed by atoms with Gasteiger partial charge in [0.2, 0.25) is 0 Å². The lowest BCUT2D eigenvalue weighted by molar-refractivity contribution is 0.199. The lowest BCUT2D eigenvalue weighted by atomic mass is 10.1. The van der Waals surface area contributed by atoms with Crippen LogP contribution >= 0.6 is 27.3 Å². The molecule has 0 amide bonds. The maximum atomic E-state index is 9.60. The van der Waals surface area contributed by atoms with Gasteiger partial charge in [0.25, 0.3) is 0 Å². The summed E-state index contributed by atoms with van der Waals surface area (Å²) in [5.74, 6) is 0.781. The van der Waals surface area contributed by atoms with E-state index in [1.807, 2.05) is 25.1 Å². The molecule has 5 heteroatoms. The zero-order valence-electron chi connectivity index (χ0n) is 10.4. The third-order valence-corrected chi connectivity index (χ3v) is 4.22. The van der Waals surface area contributed by atoms with Crippen LogP contribution in [-0.4, -0.2) is 17.2 Å². The summed E-state index contributed by atoms with van der Waals surface area (Å²) >= 11 is 4.96. The lowest BCUT2D eigenvalue weighted by Crippen LogP contribution is -1.92. The first-order chi connectivity index (χ1) is 8.52. The molecule has 3 nitrogen and oxygen atoms in total. The molecule has 1 atom stereocenters. The smallest absolute Gasteiger partial charge is 0.128 e. The minimum atomic E-state index is -0.541. The molecular formula is C13H14BrNO2S. The quantitative estimate of drug-likeness (QED) is 0.928. The van der Waals surface area contributed by atoms with Crippen molar-refractivity contribution in [2.24, 2.45) is 0 Å². The largest absolute Gasteiger partial charge is 0.496 e. The molecule has 2 aromatic rings. The molecular weight excluding hydrogens is 314 g/mol. The molecule has 1 heterocycles. The van der Waals surface area contributed by atoms with Crippen molar-refractivity contribution >= 4 is 27.3 Å². The van der Waals surface area contributed by atoms with Gasteiger partial charge in [0.05, 0.1) is 12.8 Å². The third kappa shape index (κ3) is 2.58. The molecule has 1 aromatic heterocycles. The predicted octanol–water partition coefficient (Wildman–Crippen LogP) is 3.94. The Balaban J connectivity index is 2.57. The Morgan fingerprint density at radius 1 is 1.44 bits per heavy atom. The SMILES string of the molecule is COc1ccc(Br)cc1-c1nc(C(C)O)sc1C. The molecule has 18 heavy (non-hydrogen) atoms. The fourth-order valence-corrected chi connectivity index (χ4v) is 2.95. The van der Waals surface area contributed by atoms with Crippen LogP contribution < -0.4 is 4.74 Å². The Morgan fingerprint density at radius 2 is 2.17 bits per heavy atom. The number of aliphatic hydroxyl groups excluding tert-OH is 1. The Hall–Kier alpha value is -0.910. The summed E-state index contributed by atoms with van der Waals surface area (Å²) in [6, 6.07) is 5.81. The summed E-state index contributed by atoms with van der Waals surface area (Å²) < 4.78 is 6.34. The third-order valence-electron chi connectivity index (χ3n) is 2.59. The van der Waals surface area contributed by atoms with Crippen LogP contribution in [-0.2, 0) is 0 Å². The van der Waals surface area contributed by atoms with Crippen LogP contribution in [0.4, 0.5) is 0 Å². The van der Waals surface area contributed by atoms with Gasteiger partial charge in [-0.25, -0.2) is 4.98 Å². The molecule has 1 aromatic carbocycles. The number of hydrogen-bond donors (Lipinski definition) is 1. The van der Waals surface area contributed by atoms with Gasteiger partial charge >= 0.3 is 0 Å². The summed E-state index contributed by atoms with van der Waals surface area (Å²) in [6.07, 6.45) is -0.541. The maximum Gasteiger partial charge on any atom is 0.128 e. The highest BCUT2D eigenvalue weighted by molar-refractivity contribution is 9.10. The zero-order chi connectivity index (χ0) is 13.3. The number of aromatic nitrogens is 1. The summed E-state index contributed by atoms with van der Waals surface area (Å²) in [5, 5.41) is 10.3. The number of aliphatic hydroxyl groups is 1. The van der Waals surface area contributed by atoms with E-state index in [1.165, 1.54) is 11.3 Å². The van der Waals surface area contributed by atoms with Gasteiger partial charge in [-0.1, -0.05) is 15.9 Å². The van der Waals surface area contributed by atoms with E-state index in [-0.39, 0.29) is 0 Å². The summed E-state index contributed by atoms with van der Waals surface area (Å²) in [6.45, 7) is 3.72. The molecule has 0 aliphatic carbocycles. The average molecular weight is 328 g/mol. The topological polar surface area (TPSA) is 42.4 Å². The fourth-order valence-electron chi connectivity index (χ4n) is 1.71. The summed E-state index contributed by atoms with van der Waals surface area (Å²) in [7, 11) is 1.64.